The average Bonchev–Trinajstić information content (AvgIpc) is 3.22. The van der Waals surface area contributed by atoms with Gasteiger partial charge in [-0.1, -0.05) is 11.3 Å². The number of aromatic nitrogens is 3. The van der Waals surface area contributed by atoms with Crippen molar-refractivity contribution in [2.24, 2.45) is 0 Å². The van der Waals surface area contributed by atoms with Crippen molar-refractivity contribution in [1.82, 2.24) is 15.0 Å². The van der Waals surface area contributed by atoms with E-state index in [9.17, 15) is 10.1 Å². The molecule has 0 amide bonds. The van der Waals surface area contributed by atoms with Crippen molar-refractivity contribution >= 4 is 5.97 Å². The molecule has 0 spiro atoms. The lowest BCUT2D eigenvalue weighted by Gasteiger charge is -2.12. The highest BCUT2D eigenvalue weighted by molar-refractivity contribution is 5.89. The zero-order chi connectivity index (χ0) is 15.5. The molecule has 112 valence electrons. The first-order valence-corrected chi connectivity index (χ1v) is 6.90. The number of nitrogens with zero attached hydrogens (tertiary/aromatic N) is 4. The zero-order valence-electron chi connectivity index (χ0n) is 12.0. The third-order valence-corrected chi connectivity index (χ3v) is 3.56. The van der Waals surface area contributed by atoms with Gasteiger partial charge in [-0.25, -0.2) is 9.48 Å². The van der Waals surface area contributed by atoms with Crippen molar-refractivity contribution in [3.05, 3.63) is 41.2 Å². The Balaban J connectivity index is 2.07. The first kappa shape index (κ1) is 14.2. The van der Waals surface area contributed by atoms with E-state index in [2.05, 4.69) is 10.3 Å². The van der Waals surface area contributed by atoms with Crippen molar-refractivity contribution in [3.8, 4) is 11.8 Å². The van der Waals surface area contributed by atoms with Crippen molar-refractivity contribution in [1.29, 1.82) is 5.26 Å². The Morgan fingerprint density at radius 3 is 3.09 bits per heavy atom. The molecule has 1 aliphatic heterocycles. The fourth-order valence-electron chi connectivity index (χ4n) is 2.52. The summed E-state index contributed by atoms with van der Waals surface area (Å²) >= 11 is 0. The lowest BCUT2D eigenvalue weighted by atomic mass is 10.1. The predicted molar refractivity (Wildman–Crippen MR) is 75.3 cm³/mol. The van der Waals surface area contributed by atoms with Gasteiger partial charge in [-0.15, -0.1) is 5.10 Å². The monoisotopic (exact) mass is 298 g/mol. The topological polar surface area (TPSA) is 90.0 Å². The first-order valence-electron chi connectivity index (χ1n) is 6.90. The zero-order valence-corrected chi connectivity index (χ0v) is 12.0. The van der Waals surface area contributed by atoms with E-state index in [-0.39, 0.29) is 11.8 Å². The normalized spacial score (nSPS) is 17.2. The fraction of sp³-hybridized carbons (Fsp3) is 0.333. The molecule has 1 atom stereocenters. The maximum atomic E-state index is 11.7. The van der Waals surface area contributed by atoms with E-state index in [0.29, 0.717) is 23.6 Å². The Kier molecular flexibility index (Phi) is 3.85. The van der Waals surface area contributed by atoms with Gasteiger partial charge in [0.1, 0.15) is 17.9 Å². The van der Waals surface area contributed by atoms with Gasteiger partial charge in [0.2, 0.25) is 0 Å². The predicted octanol–water partition coefficient (Wildman–Crippen LogP) is 1.78. The highest BCUT2D eigenvalue weighted by atomic mass is 16.5. The van der Waals surface area contributed by atoms with Gasteiger partial charge in [-0.2, -0.15) is 5.26 Å². The van der Waals surface area contributed by atoms with Crippen LogP contribution in [0.3, 0.4) is 0 Å². The summed E-state index contributed by atoms with van der Waals surface area (Å²) in [5.41, 5.74) is 1.92. The van der Waals surface area contributed by atoms with Gasteiger partial charge in [-0.05, 0) is 31.0 Å². The smallest absolute Gasteiger partial charge is 0.337 e. The molecule has 22 heavy (non-hydrogen) atoms. The molecule has 0 N–H and O–H groups in total. The Labute approximate surface area is 127 Å². The Morgan fingerprint density at radius 2 is 2.41 bits per heavy atom. The molecule has 0 saturated carbocycles. The summed E-state index contributed by atoms with van der Waals surface area (Å²) in [6, 6.07) is 8.88. The van der Waals surface area contributed by atoms with E-state index in [0.717, 1.165) is 12.8 Å². The van der Waals surface area contributed by atoms with Crippen LogP contribution in [0.2, 0.25) is 0 Å². The molecule has 7 heteroatoms. The number of esters is 1. The molecule has 0 bridgehead atoms. The molecule has 1 unspecified atom stereocenters. The van der Waals surface area contributed by atoms with Crippen LogP contribution in [0.1, 0.15) is 40.7 Å². The van der Waals surface area contributed by atoms with Crippen LogP contribution in [0.25, 0.3) is 5.69 Å². The molecule has 0 radical (unpaired) electrons. The highest BCUT2D eigenvalue weighted by Gasteiger charge is 2.27. The second-order valence-corrected chi connectivity index (χ2v) is 4.89. The molecule has 1 aliphatic rings. The first-order chi connectivity index (χ1) is 10.7. The van der Waals surface area contributed by atoms with Gasteiger partial charge in [0.05, 0.1) is 18.4 Å². The summed E-state index contributed by atoms with van der Waals surface area (Å²) in [6.07, 6.45) is 1.55. The van der Waals surface area contributed by atoms with Crippen LogP contribution >= 0.6 is 0 Å². The molecule has 7 nitrogen and oxygen atoms in total. The Hall–Kier alpha value is -2.72. The number of hydrogen-bond donors (Lipinski definition) is 0. The van der Waals surface area contributed by atoms with Crippen LogP contribution in [-0.2, 0) is 9.47 Å². The standard InChI is InChI=1S/C15H14N4O3/c1-21-15(20)10-4-2-5-11(8-10)19-14(12(9-16)17-18-19)13-6-3-7-22-13/h2,4-5,8,13H,3,6-7H2,1H3. The summed E-state index contributed by atoms with van der Waals surface area (Å²) in [7, 11) is 1.33. The van der Waals surface area contributed by atoms with Gasteiger partial charge >= 0.3 is 5.97 Å². The molecular weight excluding hydrogens is 284 g/mol. The second kappa shape index (κ2) is 5.95. The molecule has 1 fully saturated rings. The lowest BCUT2D eigenvalue weighted by Crippen LogP contribution is -2.09. The molecule has 2 aromatic rings. The van der Waals surface area contributed by atoms with Crippen LogP contribution < -0.4 is 0 Å². The van der Waals surface area contributed by atoms with Crippen LogP contribution in [0.15, 0.2) is 24.3 Å². The van der Waals surface area contributed by atoms with E-state index in [1.807, 2.05) is 6.07 Å². The largest absolute Gasteiger partial charge is 0.465 e. The summed E-state index contributed by atoms with van der Waals surface area (Å²) in [4.78, 5) is 11.7. The van der Waals surface area contributed by atoms with Gasteiger partial charge in [-0.3, -0.25) is 0 Å². The minimum Gasteiger partial charge on any atom is -0.465 e. The summed E-state index contributed by atoms with van der Waals surface area (Å²) in [6.45, 7) is 0.656. The number of nitriles is 1. The number of carbonyl (C=O) groups excluding carboxylic acids is 1. The van der Waals surface area contributed by atoms with E-state index in [1.54, 1.807) is 28.9 Å². The van der Waals surface area contributed by atoms with Crippen molar-refractivity contribution in [2.75, 3.05) is 13.7 Å². The fourth-order valence-corrected chi connectivity index (χ4v) is 2.52. The van der Waals surface area contributed by atoms with Gasteiger partial charge < -0.3 is 9.47 Å². The summed E-state index contributed by atoms with van der Waals surface area (Å²) in [5, 5.41) is 17.2. The number of benzene rings is 1. The summed E-state index contributed by atoms with van der Waals surface area (Å²) in [5.74, 6) is -0.430. The molecule has 1 aromatic heterocycles. The molecule has 0 aliphatic carbocycles. The number of ether oxygens (including phenoxy) is 2. The minimum absolute atomic E-state index is 0.202. The quantitative estimate of drug-likeness (QED) is 0.802. The Bertz CT molecular complexity index is 741. The van der Waals surface area contributed by atoms with Gasteiger partial charge in [0.15, 0.2) is 5.69 Å². The second-order valence-electron chi connectivity index (χ2n) is 4.89. The maximum absolute atomic E-state index is 11.7. The van der Waals surface area contributed by atoms with Crippen LogP contribution in [0, 0.1) is 11.3 Å². The highest BCUT2D eigenvalue weighted by Crippen LogP contribution is 2.31. The number of rotatable bonds is 3. The van der Waals surface area contributed by atoms with Crippen molar-refractivity contribution < 1.29 is 14.3 Å². The lowest BCUT2D eigenvalue weighted by molar-refractivity contribution is 0.0600. The Morgan fingerprint density at radius 1 is 1.55 bits per heavy atom. The van der Waals surface area contributed by atoms with E-state index < -0.39 is 5.97 Å². The van der Waals surface area contributed by atoms with Gasteiger partial charge in [0.25, 0.3) is 0 Å². The minimum atomic E-state index is -0.430. The molecule has 2 heterocycles. The molecule has 1 saturated heterocycles. The van der Waals surface area contributed by atoms with Crippen LogP contribution in [0.5, 0.6) is 0 Å². The third-order valence-electron chi connectivity index (χ3n) is 3.56. The van der Waals surface area contributed by atoms with E-state index in [4.69, 9.17) is 9.47 Å². The van der Waals surface area contributed by atoms with Crippen LogP contribution in [-0.4, -0.2) is 34.7 Å². The van der Waals surface area contributed by atoms with Crippen molar-refractivity contribution in [3.63, 3.8) is 0 Å². The number of hydrogen-bond acceptors (Lipinski definition) is 6. The van der Waals surface area contributed by atoms with Crippen LogP contribution in [0.4, 0.5) is 0 Å². The number of methoxy groups -OCH3 is 1. The molecule has 3 rings (SSSR count). The summed E-state index contributed by atoms with van der Waals surface area (Å²) < 4.78 is 11.9. The number of carbonyl (C=O) groups is 1. The molecule has 1 aromatic carbocycles. The average molecular weight is 298 g/mol. The SMILES string of the molecule is COC(=O)c1cccc(-n2nnc(C#N)c2C2CCCO2)c1. The maximum Gasteiger partial charge on any atom is 0.337 e. The van der Waals surface area contributed by atoms with E-state index >= 15 is 0 Å². The molecular formula is C15H14N4O3. The van der Waals surface area contributed by atoms with E-state index in [1.165, 1.54) is 7.11 Å². The van der Waals surface area contributed by atoms with Gasteiger partial charge in [0, 0.05) is 6.61 Å². The van der Waals surface area contributed by atoms with Crippen molar-refractivity contribution in [2.45, 2.75) is 18.9 Å². The third kappa shape index (κ3) is 2.44.